The maximum atomic E-state index is 8.89. The molecule has 0 atom stereocenters. The number of hydrogen-bond donors (Lipinski definition) is 2. The van der Waals surface area contributed by atoms with Crippen molar-refractivity contribution in [3.05, 3.63) is 29.3 Å². The smallest absolute Gasteiger partial charge is 0.171 e. The van der Waals surface area contributed by atoms with E-state index in [0.29, 0.717) is 16.7 Å². The lowest BCUT2D eigenvalue weighted by molar-refractivity contribution is 0.634. The van der Waals surface area contributed by atoms with Crippen LogP contribution in [0.3, 0.4) is 0 Å². The summed E-state index contributed by atoms with van der Waals surface area (Å²) < 4.78 is 0. The standard InChI is InChI=1S/C14H17N3S/c1-10-6-7-11(9-15)8-13(10)17-14(18)16-12-4-2-3-5-12/h6-8,12H,2-5H2,1H3,(H2,16,17,18). The van der Waals surface area contributed by atoms with Crippen LogP contribution < -0.4 is 10.6 Å². The van der Waals surface area contributed by atoms with Crippen molar-refractivity contribution >= 4 is 23.0 Å². The number of nitriles is 1. The molecule has 3 nitrogen and oxygen atoms in total. The van der Waals surface area contributed by atoms with Crippen LogP contribution in [0, 0.1) is 18.3 Å². The van der Waals surface area contributed by atoms with Crippen molar-refractivity contribution in [2.45, 2.75) is 38.6 Å². The van der Waals surface area contributed by atoms with E-state index in [1.54, 1.807) is 0 Å². The lowest BCUT2D eigenvalue weighted by Gasteiger charge is -2.16. The molecule has 0 heterocycles. The zero-order valence-electron chi connectivity index (χ0n) is 10.5. The van der Waals surface area contributed by atoms with Crippen LogP contribution in [0.1, 0.15) is 36.8 Å². The van der Waals surface area contributed by atoms with E-state index >= 15 is 0 Å². The molecule has 1 aliphatic carbocycles. The van der Waals surface area contributed by atoms with Crippen LogP contribution in [0.15, 0.2) is 18.2 Å². The molecule has 0 aliphatic heterocycles. The van der Waals surface area contributed by atoms with Gasteiger partial charge in [0.2, 0.25) is 0 Å². The normalized spacial score (nSPS) is 15.1. The third-order valence-electron chi connectivity index (χ3n) is 3.31. The van der Waals surface area contributed by atoms with E-state index < -0.39 is 0 Å². The number of rotatable bonds is 2. The predicted molar refractivity (Wildman–Crippen MR) is 77.5 cm³/mol. The Labute approximate surface area is 113 Å². The summed E-state index contributed by atoms with van der Waals surface area (Å²) in [4.78, 5) is 0. The van der Waals surface area contributed by atoms with Gasteiger partial charge in [0.1, 0.15) is 0 Å². The van der Waals surface area contributed by atoms with E-state index in [2.05, 4.69) is 16.7 Å². The summed E-state index contributed by atoms with van der Waals surface area (Å²) >= 11 is 5.31. The third-order valence-corrected chi connectivity index (χ3v) is 3.53. The van der Waals surface area contributed by atoms with Gasteiger partial charge in [-0.25, -0.2) is 0 Å². The van der Waals surface area contributed by atoms with Crippen molar-refractivity contribution in [1.29, 1.82) is 5.26 Å². The number of anilines is 1. The van der Waals surface area contributed by atoms with Gasteiger partial charge in [-0.05, 0) is 49.7 Å². The van der Waals surface area contributed by atoms with Crippen LogP contribution in [0.2, 0.25) is 0 Å². The van der Waals surface area contributed by atoms with Crippen LogP contribution in [0.5, 0.6) is 0 Å². The second-order valence-electron chi connectivity index (χ2n) is 4.72. The largest absolute Gasteiger partial charge is 0.360 e. The minimum absolute atomic E-state index is 0.504. The summed E-state index contributed by atoms with van der Waals surface area (Å²) in [5, 5.41) is 16.1. The van der Waals surface area contributed by atoms with Crippen LogP contribution in [-0.4, -0.2) is 11.2 Å². The first kappa shape index (κ1) is 12.8. The average molecular weight is 259 g/mol. The minimum Gasteiger partial charge on any atom is -0.360 e. The molecular weight excluding hydrogens is 242 g/mol. The topological polar surface area (TPSA) is 47.9 Å². The van der Waals surface area contributed by atoms with Crippen molar-refractivity contribution in [3.8, 4) is 6.07 Å². The van der Waals surface area contributed by atoms with Gasteiger partial charge in [0.05, 0.1) is 11.6 Å². The molecule has 2 N–H and O–H groups in total. The second kappa shape index (κ2) is 5.83. The van der Waals surface area contributed by atoms with Crippen molar-refractivity contribution in [2.24, 2.45) is 0 Å². The van der Waals surface area contributed by atoms with Gasteiger partial charge < -0.3 is 10.6 Å². The molecule has 1 aromatic carbocycles. The Hall–Kier alpha value is -1.60. The first-order valence-corrected chi connectivity index (χ1v) is 6.68. The number of nitrogens with zero attached hydrogens (tertiary/aromatic N) is 1. The van der Waals surface area contributed by atoms with Gasteiger partial charge >= 0.3 is 0 Å². The summed E-state index contributed by atoms with van der Waals surface area (Å²) in [5.74, 6) is 0. The van der Waals surface area contributed by atoms with Crippen molar-refractivity contribution in [1.82, 2.24) is 5.32 Å². The Morgan fingerprint density at radius 1 is 1.39 bits per heavy atom. The highest BCUT2D eigenvalue weighted by molar-refractivity contribution is 7.80. The van der Waals surface area contributed by atoms with E-state index in [9.17, 15) is 0 Å². The molecule has 0 amide bonds. The van der Waals surface area contributed by atoms with Crippen LogP contribution in [0.4, 0.5) is 5.69 Å². The molecule has 94 valence electrons. The molecule has 1 aromatic rings. The number of benzene rings is 1. The van der Waals surface area contributed by atoms with E-state index in [1.165, 1.54) is 25.7 Å². The van der Waals surface area contributed by atoms with Gasteiger partial charge in [0, 0.05) is 11.7 Å². The summed E-state index contributed by atoms with van der Waals surface area (Å²) in [6.07, 6.45) is 4.95. The number of hydrogen-bond acceptors (Lipinski definition) is 2. The molecule has 2 rings (SSSR count). The fourth-order valence-electron chi connectivity index (χ4n) is 2.24. The van der Waals surface area contributed by atoms with E-state index in [4.69, 9.17) is 17.5 Å². The Morgan fingerprint density at radius 3 is 2.78 bits per heavy atom. The van der Waals surface area contributed by atoms with Gasteiger partial charge in [-0.3, -0.25) is 0 Å². The van der Waals surface area contributed by atoms with Crippen molar-refractivity contribution in [2.75, 3.05) is 5.32 Å². The highest BCUT2D eigenvalue weighted by Gasteiger charge is 2.15. The zero-order chi connectivity index (χ0) is 13.0. The molecule has 4 heteroatoms. The molecule has 0 saturated heterocycles. The summed E-state index contributed by atoms with van der Waals surface area (Å²) in [5.41, 5.74) is 2.64. The Morgan fingerprint density at radius 2 is 2.11 bits per heavy atom. The quantitative estimate of drug-likeness (QED) is 0.801. The number of aryl methyl sites for hydroxylation is 1. The lowest BCUT2D eigenvalue weighted by Crippen LogP contribution is -2.36. The first-order valence-electron chi connectivity index (χ1n) is 6.27. The van der Waals surface area contributed by atoms with E-state index in [-0.39, 0.29) is 0 Å². The molecule has 18 heavy (non-hydrogen) atoms. The number of nitrogens with one attached hydrogen (secondary N) is 2. The van der Waals surface area contributed by atoms with Gasteiger partial charge in [0.25, 0.3) is 0 Å². The lowest BCUT2D eigenvalue weighted by atomic mass is 10.1. The van der Waals surface area contributed by atoms with Crippen molar-refractivity contribution in [3.63, 3.8) is 0 Å². The van der Waals surface area contributed by atoms with Gasteiger partial charge in [0.15, 0.2) is 5.11 Å². The van der Waals surface area contributed by atoms with Gasteiger partial charge in [-0.2, -0.15) is 5.26 Å². The maximum absolute atomic E-state index is 8.89. The molecule has 0 bridgehead atoms. The molecule has 0 spiro atoms. The predicted octanol–water partition coefficient (Wildman–Crippen LogP) is 3.10. The summed E-state index contributed by atoms with van der Waals surface area (Å²) in [6, 6.07) is 8.22. The highest BCUT2D eigenvalue weighted by atomic mass is 32.1. The maximum Gasteiger partial charge on any atom is 0.171 e. The average Bonchev–Trinajstić information content (AvgIpc) is 2.84. The SMILES string of the molecule is Cc1ccc(C#N)cc1NC(=S)NC1CCCC1. The zero-order valence-corrected chi connectivity index (χ0v) is 11.3. The Kier molecular flexibility index (Phi) is 4.16. The molecule has 0 radical (unpaired) electrons. The van der Waals surface area contributed by atoms with E-state index in [1.807, 2.05) is 25.1 Å². The molecule has 1 aliphatic rings. The third kappa shape index (κ3) is 3.21. The summed E-state index contributed by atoms with van der Waals surface area (Å²) in [7, 11) is 0. The van der Waals surface area contributed by atoms with Crippen LogP contribution in [-0.2, 0) is 0 Å². The van der Waals surface area contributed by atoms with E-state index in [0.717, 1.165) is 11.3 Å². The fourth-order valence-corrected chi connectivity index (χ4v) is 2.52. The summed E-state index contributed by atoms with van der Waals surface area (Å²) in [6.45, 7) is 2.00. The second-order valence-corrected chi connectivity index (χ2v) is 5.13. The molecular formula is C14H17N3S. The Balaban J connectivity index is 1.99. The Bertz CT molecular complexity index is 484. The highest BCUT2D eigenvalue weighted by Crippen LogP contribution is 2.19. The van der Waals surface area contributed by atoms with Gasteiger partial charge in [-0.15, -0.1) is 0 Å². The molecule has 1 fully saturated rings. The minimum atomic E-state index is 0.504. The first-order chi connectivity index (χ1) is 8.69. The molecule has 0 unspecified atom stereocenters. The monoisotopic (exact) mass is 259 g/mol. The van der Waals surface area contributed by atoms with Crippen LogP contribution >= 0.6 is 12.2 Å². The van der Waals surface area contributed by atoms with Crippen LogP contribution in [0.25, 0.3) is 0 Å². The fraction of sp³-hybridized carbons (Fsp3) is 0.429. The van der Waals surface area contributed by atoms with Crippen molar-refractivity contribution < 1.29 is 0 Å². The molecule has 0 aromatic heterocycles. The number of thiocarbonyl (C=S) groups is 1. The van der Waals surface area contributed by atoms with Gasteiger partial charge in [-0.1, -0.05) is 18.9 Å². The molecule has 1 saturated carbocycles.